The van der Waals surface area contributed by atoms with E-state index in [2.05, 4.69) is 0 Å². The monoisotopic (exact) mass is 295 g/mol. The van der Waals surface area contributed by atoms with Gasteiger partial charge in [-0.15, -0.1) is 11.8 Å². The summed E-state index contributed by atoms with van der Waals surface area (Å²) in [5, 5.41) is 8.91. The number of aromatic carboxylic acids is 1. The van der Waals surface area contributed by atoms with Gasteiger partial charge < -0.3 is 10.0 Å². The lowest BCUT2D eigenvalue weighted by molar-refractivity contribution is -0.130. The molecule has 0 aromatic heterocycles. The molecule has 0 atom stereocenters. The molecular formula is C15H21NO3S. The predicted molar refractivity (Wildman–Crippen MR) is 81.3 cm³/mol. The number of carboxylic acids is 1. The van der Waals surface area contributed by atoms with E-state index in [9.17, 15) is 9.59 Å². The van der Waals surface area contributed by atoms with Crippen molar-refractivity contribution >= 4 is 23.6 Å². The molecule has 0 heterocycles. The van der Waals surface area contributed by atoms with Crippen LogP contribution in [0.5, 0.6) is 0 Å². The van der Waals surface area contributed by atoms with Crippen LogP contribution in [-0.2, 0) is 4.79 Å². The Morgan fingerprint density at radius 3 is 2.55 bits per heavy atom. The molecule has 110 valence electrons. The fourth-order valence-electron chi connectivity index (χ4n) is 1.87. The second-order valence-corrected chi connectivity index (χ2v) is 5.52. The molecular weight excluding hydrogens is 274 g/mol. The van der Waals surface area contributed by atoms with Gasteiger partial charge in [-0.2, -0.15) is 0 Å². The van der Waals surface area contributed by atoms with Crippen LogP contribution < -0.4 is 0 Å². The van der Waals surface area contributed by atoms with E-state index in [0.29, 0.717) is 12.0 Å². The van der Waals surface area contributed by atoms with Crippen molar-refractivity contribution in [1.82, 2.24) is 4.90 Å². The van der Waals surface area contributed by atoms with E-state index < -0.39 is 5.97 Å². The number of carbonyl (C=O) groups excluding carboxylic acids is 1. The molecule has 0 saturated heterocycles. The van der Waals surface area contributed by atoms with E-state index >= 15 is 0 Å². The highest BCUT2D eigenvalue weighted by atomic mass is 32.2. The van der Waals surface area contributed by atoms with Gasteiger partial charge in [0, 0.05) is 24.4 Å². The van der Waals surface area contributed by atoms with E-state index in [1.54, 1.807) is 30.0 Å². The smallest absolute Gasteiger partial charge is 0.335 e. The molecule has 1 amide bonds. The Hall–Kier alpha value is -1.49. The van der Waals surface area contributed by atoms with E-state index in [0.717, 1.165) is 30.2 Å². The summed E-state index contributed by atoms with van der Waals surface area (Å²) in [4.78, 5) is 25.4. The van der Waals surface area contributed by atoms with E-state index in [-0.39, 0.29) is 5.91 Å². The van der Waals surface area contributed by atoms with Gasteiger partial charge in [0.05, 0.1) is 5.56 Å². The summed E-state index contributed by atoms with van der Waals surface area (Å²) in [5.74, 6) is 0.0925. The lowest BCUT2D eigenvalue weighted by Crippen LogP contribution is -2.30. The largest absolute Gasteiger partial charge is 0.478 e. The van der Waals surface area contributed by atoms with Crippen LogP contribution in [0.4, 0.5) is 0 Å². The maximum atomic E-state index is 11.8. The van der Waals surface area contributed by atoms with Crippen LogP contribution in [0.25, 0.3) is 0 Å². The average Bonchev–Trinajstić information content (AvgIpc) is 2.45. The van der Waals surface area contributed by atoms with E-state index in [1.807, 2.05) is 24.8 Å². The molecule has 0 fully saturated rings. The van der Waals surface area contributed by atoms with Crippen LogP contribution in [0, 0.1) is 0 Å². The van der Waals surface area contributed by atoms with Crippen LogP contribution >= 0.6 is 11.8 Å². The van der Waals surface area contributed by atoms with Gasteiger partial charge in [-0.3, -0.25) is 4.79 Å². The van der Waals surface area contributed by atoms with Crippen molar-refractivity contribution in [2.45, 2.75) is 31.6 Å². The number of benzene rings is 1. The Kier molecular flexibility index (Phi) is 7.15. The fraction of sp³-hybridized carbons (Fsp3) is 0.467. The van der Waals surface area contributed by atoms with Crippen LogP contribution in [0.2, 0.25) is 0 Å². The molecule has 1 N–H and O–H groups in total. The second-order valence-electron chi connectivity index (χ2n) is 4.35. The maximum Gasteiger partial charge on any atom is 0.335 e. The number of carbonyl (C=O) groups is 2. The van der Waals surface area contributed by atoms with Gasteiger partial charge in [0.1, 0.15) is 0 Å². The molecule has 1 aromatic carbocycles. The molecule has 5 heteroatoms. The predicted octanol–water partition coefficient (Wildman–Crippen LogP) is 3.13. The Labute approximate surface area is 124 Å². The fourth-order valence-corrected chi connectivity index (χ4v) is 2.78. The molecule has 0 aliphatic rings. The molecule has 20 heavy (non-hydrogen) atoms. The zero-order valence-corrected chi connectivity index (χ0v) is 12.8. The van der Waals surface area contributed by atoms with Gasteiger partial charge >= 0.3 is 5.97 Å². The van der Waals surface area contributed by atoms with Gasteiger partial charge in [-0.05, 0) is 44.2 Å². The Balaban J connectivity index is 2.36. The van der Waals surface area contributed by atoms with Crippen LogP contribution in [0.1, 0.15) is 37.0 Å². The topological polar surface area (TPSA) is 57.6 Å². The van der Waals surface area contributed by atoms with E-state index in [1.165, 1.54) is 0 Å². The Morgan fingerprint density at radius 2 is 1.95 bits per heavy atom. The van der Waals surface area contributed by atoms with Crippen LogP contribution in [0.3, 0.4) is 0 Å². The van der Waals surface area contributed by atoms with Gasteiger partial charge in [0.2, 0.25) is 5.91 Å². The van der Waals surface area contributed by atoms with Crippen molar-refractivity contribution in [2.75, 3.05) is 18.8 Å². The third kappa shape index (κ3) is 5.25. The summed E-state index contributed by atoms with van der Waals surface area (Å²) in [6, 6.07) is 6.88. The van der Waals surface area contributed by atoms with Crippen molar-refractivity contribution < 1.29 is 14.7 Å². The quantitative estimate of drug-likeness (QED) is 0.591. The zero-order valence-electron chi connectivity index (χ0n) is 12.0. The van der Waals surface area contributed by atoms with Crippen molar-refractivity contribution in [3.63, 3.8) is 0 Å². The SMILES string of the molecule is CCN(CC)C(=O)CCCSc1cccc(C(=O)O)c1. The van der Waals surface area contributed by atoms with Gasteiger partial charge in [0.15, 0.2) is 0 Å². The van der Waals surface area contributed by atoms with Crippen LogP contribution in [-0.4, -0.2) is 40.7 Å². The highest BCUT2D eigenvalue weighted by molar-refractivity contribution is 7.99. The van der Waals surface area contributed by atoms with Crippen molar-refractivity contribution in [3.05, 3.63) is 29.8 Å². The number of rotatable bonds is 8. The number of carboxylic acid groups (broad SMARTS) is 1. The van der Waals surface area contributed by atoms with Crippen molar-refractivity contribution in [3.8, 4) is 0 Å². The minimum atomic E-state index is -0.913. The number of hydrogen-bond donors (Lipinski definition) is 1. The minimum Gasteiger partial charge on any atom is -0.478 e. The highest BCUT2D eigenvalue weighted by Crippen LogP contribution is 2.20. The third-order valence-electron chi connectivity index (χ3n) is 3.00. The summed E-state index contributed by atoms with van der Waals surface area (Å²) in [6.45, 7) is 5.47. The lowest BCUT2D eigenvalue weighted by atomic mass is 10.2. The van der Waals surface area contributed by atoms with Crippen LogP contribution in [0.15, 0.2) is 29.2 Å². The maximum absolute atomic E-state index is 11.8. The molecule has 0 radical (unpaired) electrons. The first-order valence-electron chi connectivity index (χ1n) is 6.82. The summed E-state index contributed by atoms with van der Waals surface area (Å²) < 4.78 is 0. The number of nitrogens with zero attached hydrogens (tertiary/aromatic N) is 1. The standard InChI is InChI=1S/C15H21NO3S/c1-3-16(4-2)14(17)9-6-10-20-13-8-5-7-12(11-13)15(18)19/h5,7-8,11H,3-4,6,9-10H2,1-2H3,(H,18,19). The molecule has 1 rings (SSSR count). The van der Waals surface area contributed by atoms with Gasteiger partial charge in [0.25, 0.3) is 0 Å². The van der Waals surface area contributed by atoms with Crippen molar-refractivity contribution in [2.24, 2.45) is 0 Å². The minimum absolute atomic E-state index is 0.190. The molecule has 0 aliphatic heterocycles. The Bertz CT molecular complexity index is 458. The molecule has 0 saturated carbocycles. The van der Waals surface area contributed by atoms with E-state index in [4.69, 9.17) is 5.11 Å². The average molecular weight is 295 g/mol. The number of amides is 1. The van der Waals surface area contributed by atoms with Gasteiger partial charge in [-0.25, -0.2) is 4.79 Å². The first-order valence-corrected chi connectivity index (χ1v) is 7.81. The first kappa shape index (κ1) is 16.6. The first-order chi connectivity index (χ1) is 9.58. The van der Waals surface area contributed by atoms with Crippen molar-refractivity contribution in [1.29, 1.82) is 0 Å². The highest BCUT2D eigenvalue weighted by Gasteiger charge is 2.09. The molecule has 0 unspecified atom stereocenters. The normalized spacial score (nSPS) is 10.3. The van der Waals surface area contributed by atoms with Gasteiger partial charge in [-0.1, -0.05) is 6.07 Å². The molecule has 4 nitrogen and oxygen atoms in total. The third-order valence-corrected chi connectivity index (χ3v) is 4.08. The molecule has 1 aromatic rings. The Morgan fingerprint density at radius 1 is 1.25 bits per heavy atom. The summed E-state index contributed by atoms with van der Waals surface area (Å²) in [7, 11) is 0. The lowest BCUT2D eigenvalue weighted by Gasteiger charge is -2.18. The summed E-state index contributed by atoms with van der Waals surface area (Å²) in [6.07, 6.45) is 1.35. The summed E-state index contributed by atoms with van der Waals surface area (Å²) in [5.41, 5.74) is 0.300. The summed E-state index contributed by atoms with van der Waals surface area (Å²) >= 11 is 1.59. The zero-order chi connectivity index (χ0) is 15.0. The molecule has 0 aliphatic carbocycles. The number of thioether (sulfide) groups is 1. The number of hydrogen-bond acceptors (Lipinski definition) is 3. The molecule has 0 bridgehead atoms. The second kappa shape index (κ2) is 8.64. The molecule has 0 spiro atoms.